The molecule has 1 aliphatic heterocycles. The Morgan fingerprint density at radius 3 is 2.44 bits per heavy atom. The summed E-state index contributed by atoms with van der Waals surface area (Å²) in [6.07, 6.45) is 5.13. The number of hydrogen-bond donors (Lipinski definition) is 3. The van der Waals surface area contributed by atoms with Crippen LogP contribution < -0.4 is 26.2 Å². The minimum Gasteiger partial charge on any atom is -0.463 e. The van der Waals surface area contributed by atoms with E-state index in [1.807, 2.05) is 4.90 Å². The summed E-state index contributed by atoms with van der Waals surface area (Å²) in [5, 5.41) is 2.66. The van der Waals surface area contributed by atoms with E-state index in [1.165, 1.54) is 41.8 Å². The van der Waals surface area contributed by atoms with Gasteiger partial charge in [-0.25, -0.2) is 17.2 Å². The number of amides is 1. The molecule has 1 saturated heterocycles. The van der Waals surface area contributed by atoms with Gasteiger partial charge in [-0.15, -0.1) is 0 Å². The van der Waals surface area contributed by atoms with Crippen LogP contribution in [-0.2, 0) is 19.6 Å². The van der Waals surface area contributed by atoms with Crippen LogP contribution in [0.2, 0.25) is 0 Å². The number of nitrogens with one attached hydrogen (secondary N) is 2. The van der Waals surface area contributed by atoms with Crippen molar-refractivity contribution in [1.29, 1.82) is 0 Å². The predicted molar refractivity (Wildman–Crippen MR) is 167 cm³/mol. The lowest BCUT2D eigenvalue weighted by atomic mass is 9.93. The number of sulfonamides is 1. The van der Waals surface area contributed by atoms with E-state index in [0.717, 1.165) is 12.8 Å². The van der Waals surface area contributed by atoms with E-state index in [2.05, 4.69) is 10.0 Å². The van der Waals surface area contributed by atoms with Crippen LogP contribution in [0.1, 0.15) is 75.2 Å². The van der Waals surface area contributed by atoms with Gasteiger partial charge >= 0.3 is 5.97 Å². The Morgan fingerprint density at radius 1 is 1.11 bits per heavy atom. The van der Waals surface area contributed by atoms with Crippen molar-refractivity contribution in [2.24, 2.45) is 17.1 Å². The molecular weight excluding hydrogens is 608 g/mol. The molecule has 0 radical (unpaired) electrons. The summed E-state index contributed by atoms with van der Waals surface area (Å²) in [6, 6.07) is 5.99. The lowest BCUT2D eigenvalue weighted by molar-refractivity contribution is -0.145. The van der Waals surface area contributed by atoms with Crippen LogP contribution in [0.3, 0.4) is 0 Å². The van der Waals surface area contributed by atoms with Crippen LogP contribution in [0.15, 0.2) is 41.3 Å². The van der Waals surface area contributed by atoms with Gasteiger partial charge in [-0.3, -0.25) is 19.1 Å². The molecule has 2 heterocycles. The second-order valence-corrected chi connectivity index (χ2v) is 14.8. The minimum absolute atomic E-state index is 0.0317. The minimum atomic E-state index is -3.93. The molecule has 5 rings (SSSR count). The molecule has 1 aromatic carbocycles. The van der Waals surface area contributed by atoms with Crippen LogP contribution in [-0.4, -0.2) is 62.3 Å². The van der Waals surface area contributed by atoms with Gasteiger partial charge in [0.15, 0.2) is 0 Å². The van der Waals surface area contributed by atoms with Crippen molar-refractivity contribution in [2.75, 3.05) is 40.4 Å². The standard InChI is InChI=1S/C31H41F2N5O6S/c1-20(2)26(34)29(41)44-16-17-45(42,43)36-21-5-6-23(25(18-21)37-14-11-30(9-10-30)12-15-37)27(39)35-24-4-3-13-38(28(24)40)22-7-8-31(32,33)19-22/h3-6,13,18,20,22,26,36H,7-12,14-17,19,34H2,1-2H3,(H,35,39)/t22-,26-/m0/s1. The first-order valence-corrected chi connectivity index (χ1v) is 17.0. The van der Waals surface area contributed by atoms with Crippen LogP contribution in [0.5, 0.6) is 0 Å². The maximum Gasteiger partial charge on any atom is 0.323 e. The van der Waals surface area contributed by atoms with Gasteiger partial charge in [-0.2, -0.15) is 0 Å². The number of nitrogens with zero attached hydrogens (tertiary/aromatic N) is 2. The molecule has 0 unspecified atom stereocenters. The van der Waals surface area contributed by atoms with Crippen molar-refractivity contribution in [1.82, 2.24) is 4.57 Å². The molecule has 14 heteroatoms. The summed E-state index contributed by atoms with van der Waals surface area (Å²) in [4.78, 5) is 40.8. The Hall–Kier alpha value is -3.52. The number of halogens is 2. The lowest BCUT2D eigenvalue weighted by Gasteiger charge is -2.35. The van der Waals surface area contributed by atoms with Gasteiger partial charge in [-0.1, -0.05) is 13.8 Å². The van der Waals surface area contributed by atoms with E-state index in [4.69, 9.17) is 10.5 Å². The first-order chi connectivity index (χ1) is 21.2. The van der Waals surface area contributed by atoms with Crippen molar-refractivity contribution in [2.45, 2.75) is 76.8 Å². The number of benzene rings is 1. The van der Waals surface area contributed by atoms with Crippen molar-refractivity contribution in [3.05, 3.63) is 52.4 Å². The molecule has 1 aromatic heterocycles. The summed E-state index contributed by atoms with van der Waals surface area (Å²) in [5.74, 6) is -4.73. The van der Waals surface area contributed by atoms with E-state index < -0.39 is 57.6 Å². The monoisotopic (exact) mass is 649 g/mol. The SMILES string of the molecule is CC(C)[C@H](N)C(=O)OCCS(=O)(=O)Nc1ccc(C(=O)Nc2cccn([C@H]3CCC(F)(F)C3)c2=O)c(N2CCC3(CC2)CC3)c1. The number of aromatic nitrogens is 1. The van der Waals surface area contributed by atoms with E-state index in [9.17, 15) is 31.6 Å². The number of pyridine rings is 1. The molecule has 1 spiro atoms. The number of alkyl halides is 2. The average Bonchev–Trinajstić information content (AvgIpc) is 3.63. The zero-order valence-electron chi connectivity index (χ0n) is 25.6. The largest absolute Gasteiger partial charge is 0.463 e. The van der Waals surface area contributed by atoms with Crippen molar-refractivity contribution in [3.8, 4) is 0 Å². The third kappa shape index (κ3) is 7.83. The second-order valence-electron chi connectivity index (χ2n) is 12.9. The predicted octanol–water partition coefficient (Wildman–Crippen LogP) is 4.11. The van der Waals surface area contributed by atoms with Crippen molar-refractivity contribution in [3.63, 3.8) is 0 Å². The van der Waals surface area contributed by atoms with E-state index in [0.29, 0.717) is 24.2 Å². The fraction of sp³-hybridized carbons (Fsp3) is 0.581. The quantitative estimate of drug-likeness (QED) is 0.308. The molecule has 2 aliphatic carbocycles. The van der Waals surface area contributed by atoms with Crippen LogP contribution >= 0.6 is 0 Å². The number of rotatable bonds is 11. The first-order valence-electron chi connectivity index (χ1n) is 15.4. The zero-order valence-corrected chi connectivity index (χ0v) is 26.4. The average molecular weight is 650 g/mol. The Morgan fingerprint density at radius 2 is 1.82 bits per heavy atom. The highest BCUT2D eigenvalue weighted by Gasteiger charge is 2.45. The van der Waals surface area contributed by atoms with Gasteiger partial charge in [0.1, 0.15) is 24.1 Å². The summed E-state index contributed by atoms with van der Waals surface area (Å²) in [7, 11) is -3.93. The van der Waals surface area contributed by atoms with Crippen LogP contribution in [0, 0.1) is 11.3 Å². The van der Waals surface area contributed by atoms with Gasteiger partial charge in [-0.05, 0) is 73.8 Å². The molecule has 0 bridgehead atoms. The molecule has 3 aliphatic rings. The molecule has 4 N–H and O–H groups in total. The number of anilines is 3. The van der Waals surface area contributed by atoms with E-state index >= 15 is 0 Å². The Labute approximate surface area is 261 Å². The highest BCUT2D eigenvalue weighted by atomic mass is 32.2. The molecule has 2 atom stereocenters. The van der Waals surface area contributed by atoms with Crippen LogP contribution in [0.4, 0.5) is 25.8 Å². The first kappa shape index (κ1) is 32.9. The summed E-state index contributed by atoms with van der Waals surface area (Å²) in [5.41, 5.74) is 6.48. The molecule has 11 nitrogen and oxygen atoms in total. The number of carbonyl (C=O) groups excluding carboxylic acids is 2. The van der Waals surface area contributed by atoms with Gasteiger partial charge in [0.2, 0.25) is 15.9 Å². The molecule has 246 valence electrons. The van der Waals surface area contributed by atoms with Gasteiger partial charge in [0.05, 0.1) is 16.9 Å². The lowest BCUT2D eigenvalue weighted by Crippen LogP contribution is -2.38. The Bertz CT molecular complexity index is 1600. The Balaban J connectivity index is 1.33. The topological polar surface area (TPSA) is 153 Å². The maximum absolute atomic E-state index is 13.8. The Kier molecular flexibility index (Phi) is 9.28. The molecule has 1 amide bonds. The van der Waals surface area contributed by atoms with Crippen LogP contribution in [0.25, 0.3) is 0 Å². The van der Waals surface area contributed by atoms with E-state index in [1.54, 1.807) is 26.0 Å². The van der Waals surface area contributed by atoms with Gasteiger partial charge in [0, 0.05) is 38.2 Å². The molecule has 3 fully saturated rings. The van der Waals surface area contributed by atoms with E-state index in [-0.39, 0.29) is 42.3 Å². The molecular formula is C31H41F2N5O6S. The zero-order chi connectivity index (χ0) is 32.6. The number of hydrogen-bond acceptors (Lipinski definition) is 8. The third-order valence-electron chi connectivity index (χ3n) is 9.22. The molecule has 2 aromatic rings. The van der Waals surface area contributed by atoms with Gasteiger partial charge < -0.3 is 25.3 Å². The number of piperidine rings is 1. The highest BCUT2D eigenvalue weighted by molar-refractivity contribution is 7.92. The number of nitrogens with two attached hydrogens (primary N) is 1. The number of esters is 1. The highest BCUT2D eigenvalue weighted by Crippen LogP contribution is 2.54. The molecule has 2 saturated carbocycles. The third-order valence-corrected chi connectivity index (χ3v) is 10.5. The fourth-order valence-corrected chi connectivity index (χ4v) is 6.94. The van der Waals surface area contributed by atoms with Crippen molar-refractivity contribution < 1.29 is 31.5 Å². The molecule has 45 heavy (non-hydrogen) atoms. The van der Waals surface area contributed by atoms with Crippen molar-refractivity contribution >= 4 is 39.0 Å². The fourth-order valence-electron chi connectivity index (χ4n) is 6.04. The number of carbonyl (C=O) groups is 2. The summed E-state index contributed by atoms with van der Waals surface area (Å²) in [6.45, 7) is 4.50. The summed E-state index contributed by atoms with van der Waals surface area (Å²) >= 11 is 0. The smallest absolute Gasteiger partial charge is 0.323 e. The number of ether oxygens (including phenoxy) is 1. The maximum atomic E-state index is 13.8. The second kappa shape index (κ2) is 12.7. The summed E-state index contributed by atoms with van der Waals surface area (Å²) < 4.78 is 62.2. The normalized spacial score (nSPS) is 21.0. The van der Waals surface area contributed by atoms with Gasteiger partial charge in [0.25, 0.3) is 11.5 Å².